The van der Waals surface area contributed by atoms with Gasteiger partial charge in [-0.2, -0.15) is 0 Å². The Labute approximate surface area is 46.7 Å². The van der Waals surface area contributed by atoms with Gasteiger partial charge in [-0.1, -0.05) is 5.16 Å². The van der Waals surface area contributed by atoms with E-state index in [2.05, 4.69) is 15.0 Å². The molecule has 1 rings (SSSR count). The van der Waals surface area contributed by atoms with E-state index in [1.165, 1.54) is 0 Å². The van der Waals surface area contributed by atoms with Gasteiger partial charge >= 0.3 is 0 Å². The van der Waals surface area contributed by atoms with E-state index in [-0.39, 0.29) is 0 Å². The summed E-state index contributed by atoms with van der Waals surface area (Å²) in [5, 5.41) is 6.29. The smallest absolute Gasteiger partial charge is 0.224 e. The molecule has 0 amide bonds. The molecule has 4 nitrogen and oxygen atoms in total. The van der Waals surface area contributed by atoms with Gasteiger partial charge in [0.25, 0.3) is 0 Å². The highest BCUT2D eigenvalue weighted by Gasteiger charge is 1.93. The van der Waals surface area contributed by atoms with Crippen LogP contribution in [-0.2, 0) is 0 Å². The second-order valence-electron chi connectivity index (χ2n) is 1.36. The van der Waals surface area contributed by atoms with Crippen molar-refractivity contribution in [3.05, 3.63) is 6.07 Å². The van der Waals surface area contributed by atoms with Gasteiger partial charge in [0.05, 0.1) is 0 Å². The van der Waals surface area contributed by atoms with Crippen LogP contribution in [0.15, 0.2) is 10.6 Å². The van der Waals surface area contributed by atoms with Crippen molar-refractivity contribution in [2.45, 2.75) is 0 Å². The minimum atomic E-state index is 0.328. The number of hydrogen-bond donors (Lipinski definition) is 2. The largest absolute Gasteiger partial charge is 0.370 e. The molecule has 3 N–H and O–H groups in total. The number of nitrogens with one attached hydrogen (secondary N) is 1. The number of anilines is 2. The minimum Gasteiger partial charge on any atom is -0.370 e. The van der Waals surface area contributed by atoms with Crippen LogP contribution in [0.2, 0.25) is 0 Å². The maximum atomic E-state index is 5.18. The van der Waals surface area contributed by atoms with Crippen LogP contribution in [0.1, 0.15) is 0 Å². The second-order valence-corrected chi connectivity index (χ2v) is 1.36. The third-order valence-corrected chi connectivity index (χ3v) is 0.785. The fourth-order valence-electron chi connectivity index (χ4n) is 0.407. The lowest BCUT2D eigenvalue weighted by Gasteiger charge is -1.82. The van der Waals surface area contributed by atoms with Crippen molar-refractivity contribution in [3.63, 3.8) is 0 Å². The van der Waals surface area contributed by atoms with Crippen molar-refractivity contribution in [2.24, 2.45) is 0 Å². The third kappa shape index (κ3) is 0.726. The molecule has 4 heteroatoms. The van der Waals surface area contributed by atoms with Crippen molar-refractivity contribution in [1.82, 2.24) is 5.16 Å². The predicted octanol–water partition coefficient (Wildman–Crippen LogP) is 0.298. The topological polar surface area (TPSA) is 64.1 Å². The van der Waals surface area contributed by atoms with Crippen molar-refractivity contribution in [2.75, 3.05) is 18.1 Å². The summed E-state index contributed by atoms with van der Waals surface area (Å²) in [5.74, 6) is 0.983. The summed E-state index contributed by atoms with van der Waals surface area (Å²) in [4.78, 5) is 0. The van der Waals surface area contributed by atoms with Gasteiger partial charge in [-0.25, -0.2) is 0 Å². The monoisotopic (exact) mass is 113 g/mol. The van der Waals surface area contributed by atoms with Gasteiger partial charge in [0.2, 0.25) is 5.88 Å². The molecule has 0 radical (unpaired) electrons. The summed E-state index contributed by atoms with van der Waals surface area (Å²) < 4.78 is 4.52. The van der Waals surface area contributed by atoms with E-state index < -0.39 is 0 Å². The van der Waals surface area contributed by atoms with Crippen molar-refractivity contribution in [3.8, 4) is 0 Å². The van der Waals surface area contributed by atoms with E-state index in [4.69, 9.17) is 5.73 Å². The van der Waals surface area contributed by atoms with Crippen LogP contribution in [-0.4, -0.2) is 12.2 Å². The Kier molecular flexibility index (Phi) is 1.07. The van der Waals surface area contributed by atoms with Crippen molar-refractivity contribution in [1.29, 1.82) is 0 Å². The Morgan fingerprint density at radius 3 is 2.88 bits per heavy atom. The van der Waals surface area contributed by atoms with Gasteiger partial charge in [-0.15, -0.1) is 0 Å². The highest BCUT2D eigenvalue weighted by molar-refractivity contribution is 5.40. The van der Waals surface area contributed by atoms with Crippen LogP contribution in [0, 0.1) is 0 Å². The first-order valence-corrected chi connectivity index (χ1v) is 2.23. The Morgan fingerprint density at radius 2 is 2.62 bits per heavy atom. The highest BCUT2D eigenvalue weighted by atomic mass is 16.5. The summed E-state index contributed by atoms with van der Waals surface area (Å²) in [6, 6.07) is 1.61. The normalized spacial score (nSPS) is 9.12. The van der Waals surface area contributed by atoms with E-state index in [1.54, 1.807) is 13.1 Å². The molecule has 0 spiro atoms. The first kappa shape index (κ1) is 4.96. The molecule has 0 saturated carbocycles. The number of rotatable bonds is 1. The molecule has 0 aliphatic rings. The van der Waals surface area contributed by atoms with E-state index in [9.17, 15) is 0 Å². The number of hydrogen-bond acceptors (Lipinski definition) is 4. The molecule has 0 aliphatic carbocycles. The molecular formula is C4H7N3O. The molecule has 1 aromatic heterocycles. The third-order valence-electron chi connectivity index (χ3n) is 0.785. The maximum absolute atomic E-state index is 5.18. The fourth-order valence-corrected chi connectivity index (χ4v) is 0.407. The predicted molar refractivity (Wildman–Crippen MR) is 30.5 cm³/mol. The highest BCUT2D eigenvalue weighted by Crippen LogP contribution is 2.07. The van der Waals surface area contributed by atoms with Crippen LogP contribution in [0.4, 0.5) is 11.7 Å². The van der Waals surface area contributed by atoms with E-state index in [0.29, 0.717) is 11.7 Å². The zero-order chi connectivity index (χ0) is 5.98. The molecule has 44 valence electrons. The summed E-state index contributed by atoms with van der Waals surface area (Å²) in [7, 11) is 1.75. The van der Waals surface area contributed by atoms with Crippen LogP contribution < -0.4 is 11.1 Å². The lowest BCUT2D eigenvalue weighted by atomic mass is 10.6. The standard InChI is InChI=1S/C4H7N3O/c1-6-4-2-3(5)8-7-4/h2H,5H2,1H3,(H,6,7). The minimum absolute atomic E-state index is 0.328. The lowest BCUT2D eigenvalue weighted by molar-refractivity contribution is 0.439. The summed E-state index contributed by atoms with van der Waals surface area (Å²) in [6.07, 6.45) is 0. The van der Waals surface area contributed by atoms with E-state index in [1.807, 2.05) is 0 Å². The number of aromatic nitrogens is 1. The van der Waals surface area contributed by atoms with E-state index >= 15 is 0 Å². The molecule has 0 atom stereocenters. The van der Waals surface area contributed by atoms with Crippen molar-refractivity contribution < 1.29 is 4.52 Å². The molecule has 0 aliphatic heterocycles. The maximum Gasteiger partial charge on any atom is 0.224 e. The van der Waals surface area contributed by atoms with Crippen molar-refractivity contribution >= 4 is 11.7 Å². The molecule has 8 heavy (non-hydrogen) atoms. The number of nitrogens with two attached hydrogens (primary N) is 1. The van der Waals surface area contributed by atoms with Gasteiger partial charge < -0.3 is 15.6 Å². The Bertz CT molecular complexity index is 172. The Hall–Kier alpha value is -1.19. The lowest BCUT2D eigenvalue weighted by Crippen LogP contribution is -1.85. The average molecular weight is 113 g/mol. The van der Waals surface area contributed by atoms with Gasteiger partial charge in [0, 0.05) is 13.1 Å². The molecule has 0 saturated heterocycles. The van der Waals surface area contributed by atoms with Crippen LogP contribution >= 0.6 is 0 Å². The zero-order valence-corrected chi connectivity index (χ0v) is 4.51. The Balaban J connectivity index is 2.84. The average Bonchev–Trinajstić information content (AvgIpc) is 2.14. The van der Waals surface area contributed by atoms with Gasteiger partial charge in [-0.05, 0) is 0 Å². The van der Waals surface area contributed by atoms with Gasteiger partial charge in [-0.3, -0.25) is 0 Å². The molecule has 1 aromatic rings. The first-order chi connectivity index (χ1) is 3.83. The number of nitrogens with zero attached hydrogens (tertiary/aromatic N) is 1. The zero-order valence-electron chi connectivity index (χ0n) is 4.51. The number of nitrogen functional groups attached to an aromatic ring is 1. The molecule has 1 heterocycles. The molecular weight excluding hydrogens is 106 g/mol. The quantitative estimate of drug-likeness (QED) is 0.549. The Morgan fingerprint density at radius 1 is 1.88 bits per heavy atom. The first-order valence-electron chi connectivity index (χ1n) is 2.23. The molecule has 0 unspecified atom stereocenters. The van der Waals surface area contributed by atoms with Crippen LogP contribution in [0.25, 0.3) is 0 Å². The SMILES string of the molecule is CNc1cc(N)on1. The van der Waals surface area contributed by atoms with Gasteiger partial charge in [0.1, 0.15) is 0 Å². The summed E-state index contributed by atoms with van der Waals surface area (Å²) in [5.41, 5.74) is 5.18. The van der Waals surface area contributed by atoms with Crippen LogP contribution in [0.3, 0.4) is 0 Å². The molecule has 0 fully saturated rings. The fraction of sp³-hybridized carbons (Fsp3) is 0.250. The second kappa shape index (κ2) is 1.73. The summed E-state index contributed by atoms with van der Waals surface area (Å²) >= 11 is 0. The molecule has 0 bridgehead atoms. The summed E-state index contributed by atoms with van der Waals surface area (Å²) in [6.45, 7) is 0. The van der Waals surface area contributed by atoms with Crippen LogP contribution in [0.5, 0.6) is 0 Å². The van der Waals surface area contributed by atoms with E-state index in [0.717, 1.165) is 0 Å². The molecule has 0 aromatic carbocycles. The van der Waals surface area contributed by atoms with Gasteiger partial charge in [0.15, 0.2) is 5.82 Å².